The van der Waals surface area contributed by atoms with Crippen LogP contribution in [0.5, 0.6) is 0 Å². The van der Waals surface area contributed by atoms with Crippen LogP contribution in [0.25, 0.3) is 0 Å². The molecule has 96 valence electrons. The number of ether oxygens (including phenoxy) is 1. The lowest BCUT2D eigenvalue weighted by atomic mass is 10.1. The van der Waals surface area contributed by atoms with Crippen molar-refractivity contribution in [1.29, 1.82) is 0 Å². The molecule has 1 unspecified atom stereocenters. The zero-order valence-electron chi connectivity index (χ0n) is 9.96. The Morgan fingerprint density at radius 2 is 2.18 bits per heavy atom. The fourth-order valence-corrected chi connectivity index (χ4v) is 1.67. The topological polar surface area (TPSA) is 29.5 Å². The van der Waals surface area contributed by atoms with Gasteiger partial charge in [0.2, 0.25) is 0 Å². The third kappa shape index (κ3) is 5.48. The number of hydrogen-bond donors (Lipinski definition) is 1. The van der Waals surface area contributed by atoms with E-state index in [0.717, 1.165) is 6.42 Å². The smallest absolute Gasteiger partial charge is 0.127 e. The number of benzene rings is 1. The van der Waals surface area contributed by atoms with Gasteiger partial charge in [-0.1, -0.05) is 24.6 Å². The zero-order valence-corrected chi connectivity index (χ0v) is 10.7. The van der Waals surface area contributed by atoms with Crippen LogP contribution in [0.4, 0.5) is 4.39 Å². The lowest BCUT2D eigenvalue weighted by Crippen LogP contribution is -2.14. The van der Waals surface area contributed by atoms with Crippen molar-refractivity contribution in [3.05, 3.63) is 34.6 Å². The number of aliphatic hydroxyl groups is 1. The van der Waals surface area contributed by atoms with E-state index >= 15 is 0 Å². The first-order chi connectivity index (χ1) is 8.13. The van der Waals surface area contributed by atoms with Crippen LogP contribution in [0.2, 0.25) is 5.02 Å². The molecule has 0 bridgehead atoms. The van der Waals surface area contributed by atoms with E-state index in [2.05, 4.69) is 0 Å². The van der Waals surface area contributed by atoms with Gasteiger partial charge in [0.25, 0.3) is 0 Å². The van der Waals surface area contributed by atoms with E-state index in [4.69, 9.17) is 16.3 Å². The van der Waals surface area contributed by atoms with E-state index in [1.165, 1.54) is 6.07 Å². The Bertz CT molecular complexity index is 344. The minimum absolute atomic E-state index is 0.290. The van der Waals surface area contributed by atoms with Gasteiger partial charge in [0.15, 0.2) is 0 Å². The molecule has 2 nitrogen and oxygen atoms in total. The van der Waals surface area contributed by atoms with Crippen molar-refractivity contribution >= 4 is 11.6 Å². The van der Waals surface area contributed by atoms with Crippen LogP contribution < -0.4 is 0 Å². The molecule has 0 fully saturated rings. The first-order valence-corrected chi connectivity index (χ1v) is 6.21. The van der Waals surface area contributed by atoms with Crippen molar-refractivity contribution in [1.82, 2.24) is 0 Å². The fourth-order valence-electron chi connectivity index (χ4n) is 1.51. The van der Waals surface area contributed by atoms with Crippen molar-refractivity contribution in [3.63, 3.8) is 0 Å². The monoisotopic (exact) mass is 260 g/mol. The van der Waals surface area contributed by atoms with E-state index in [1.807, 2.05) is 6.92 Å². The summed E-state index contributed by atoms with van der Waals surface area (Å²) in [6, 6.07) is 4.49. The quantitative estimate of drug-likeness (QED) is 0.763. The van der Waals surface area contributed by atoms with Gasteiger partial charge in [0.1, 0.15) is 5.82 Å². The maximum atomic E-state index is 13.4. The van der Waals surface area contributed by atoms with E-state index in [0.29, 0.717) is 36.6 Å². The summed E-state index contributed by atoms with van der Waals surface area (Å²) in [5.74, 6) is -0.369. The van der Waals surface area contributed by atoms with Gasteiger partial charge in [-0.15, -0.1) is 0 Å². The van der Waals surface area contributed by atoms with Crippen LogP contribution in [-0.4, -0.2) is 24.4 Å². The largest absolute Gasteiger partial charge is 0.393 e. The molecule has 0 aliphatic heterocycles. The minimum Gasteiger partial charge on any atom is -0.393 e. The third-order valence-corrected chi connectivity index (χ3v) is 2.65. The lowest BCUT2D eigenvalue weighted by molar-refractivity contribution is 0.0820. The molecule has 17 heavy (non-hydrogen) atoms. The highest BCUT2D eigenvalue weighted by Crippen LogP contribution is 2.16. The molecule has 1 rings (SSSR count). The number of rotatable bonds is 7. The van der Waals surface area contributed by atoms with Gasteiger partial charge >= 0.3 is 0 Å². The number of hydrogen-bond acceptors (Lipinski definition) is 2. The molecule has 4 heteroatoms. The van der Waals surface area contributed by atoms with Crippen molar-refractivity contribution < 1.29 is 14.2 Å². The van der Waals surface area contributed by atoms with Crippen molar-refractivity contribution in [2.24, 2.45) is 0 Å². The number of aliphatic hydroxyl groups excluding tert-OH is 1. The average Bonchev–Trinajstić information content (AvgIpc) is 2.28. The SMILES string of the molecule is CCCOCCC(O)Cc1ccc(Cl)cc1F. The summed E-state index contributed by atoms with van der Waals surface area (Å²) in [6.45, 7) is 3.23. The highest BCUT2D eigenvalue weighted by atomic mass is 35.5. The lowest BCUT2D eigenvalue weighted by Gasteiger charge is -2.11. The Kier molecular flexibility index (Phi) is 6.48. The molecule has 1 atom stereocenters. The molecule has 1 aromatic rings. The molecule has 1 aromatic carbocycles. The van der Waals surface area contributed by atoms with Gasteiger partial charge < -0.3 is 9.84 Å². The van der Waals surface area contributed by atoms with Crippen molar-refractivity contribution in [2.75, 3.05) is 13.2 Å². The average molecular weight is 261 g/mol. The van der Waals surface area contributed by atoms with Crippen LogP contribution in [-0.2, 0) is 11.2 Å². The predicted molar refractivity (Wildman–Crippen MR) is 66.8 cm³/mol. The fraction of sp³-hybridized carbons (Fsp3) is 0.538. The second-order valence-corrected chi connectivity index (χ2v) is 4.43. The van der Waals surface area contributed by atoms with Gasteiger partial charge in [-0.25, -0.2) is 4.39 Å². The summed E-state index contributed by atoms with van der Waals surface area (Å²) in [7, 11) is 0. The molecule has 0 aliphatic rings. The van der Waals surface area contributed by atoms with E-state index in [-0.39, 0.29) is 5.82 Å². The summed E-state index contributed by atoms with van der Waals surface area (Å²) >= 11 is 5.65. The van der Waals surface area contributed by atoms with Crippen LogP contribution in [0.15, 0.2) is 18.2 Å². The van der Waals surface area contributed by atoms with Crippen molar-refractivity contribution in [3.8, 4) is 0 Å². The zero-order chi connectivity index (χ0) is 12.7. The second-order valence-electron chi connectivity index (χ2n) is 3.99. The summed E-state index contributed by atoms with van der Waals surface area (Å²) in [5, 5.41) is 10.1. The first-order valence-electron chi connectivity index (χ1n) is 5.83. The van der Waals surface area contributed by atoms with Crippen molar-refractivity contribution in [2.45, 2.75) is 32.3 Å². The predicted octanol–water partition coefficient (Wildman–Crippen LogP) is 3.20. The van der Waals surface area contributed by atoms with Crippen LogP contribution in [0.3, 0.4) is 0 Å². The molecule has 0 aromatic heterocycles. The summed E-state index contributed by atoms with van der Waals surface area (Å²) in [6.07, 6.45) is 1.19. The Hall–Kier alpha value is -0.640. The van der Waals surface area contributed by atoms with Gasteiger partial charge in [-0.3, -0.25) is 0 Å². The first kappa shape index (κ1) is 14.4. The Morgan fingerprint density at radius 1 is 1.41 bits per heavy atom. The molecule has 0 aliphatic carbocycles. The Morgan fingerprint density at radius 3 is 2.82 bits per heavy atom. The summed E-state index contributed by atoms with van der Waals surface area (Å²) < 4.78 is 18.7. The van der Waals surface area contributed by atoms with Crippen LogP contribution >= 0.6 is 11.6 Å². The maximum Gasteiger partial charge on any atom is 0.127 e. The third-order valence-electron chi connectivity index (χ3n) is 2.41. The molecule has 0 heterocycles. The van der Waals surface area contributed by atoms with Gasteiger partial charge in [0.05, 0.1) is 6.10 Å². The molecule has 0 saturated heterocycles. The van der Waals surface area contributed by atoms with Crippen LogP contribution in [0.1, 0.15) is 25.3 Å². The number of halogens is 2. The molecule has 1 N–H and O–H groups in total. The Labute approximate surface area is 106 Å². The van der Waals surface area contributed by atoms with Crippen LogP contribution in [0, 0.1) is 5.82 Å². The Balaban J connectivity index is 2.37. The van der Waals surface area contributed by atoms with E-state index in [9.17, 15) is 9.50 Å². The normalized spacial score (nSPS) is 12.7. The highest BCUT2D eigenvalue weighted by Gasteiger charge is 2.09. The molecule has 0 spiro atoms. The standard InChI is InChI=1S/C13H18ClFO2/c1-2-6-17-7-5-12(16)8-10-3-4-11(14)9-13(10)15/h3-4,9,12,16H,2,5-8H2,1H3. The molecular formula is C13H18ClFO2. The van der Waals surface area contributed by atoms with Gasteiger partial charge in [-0.05, 0) is 30.5 Å². The molecule has 0 saturated carbocycles. The molecule has 0 amide bonds. The molecule has 0 radical (unpaired) electrons. The van der Waals surface area contributed by atoms with E-state index < -0.39 is 6.10 Å². The van der Waals surface area contributed by atoms with Gasteiger partial charge in [-0.2, -0.15) is 0 Å². The van der Waals surface area contributed by atoms with Gasteiger partial charge in [0, 0.05) is 24.7 Å². The highest BCUT2D eigenvalue weighted by molar-refractivity contribution is 6.30. The summed E-state index contributed by atoms with van der Waals surface area (Å²) in [5.41, 5.74) is 0.484. The molecular weight excluding hydrogens is 243 g/mol. The van der Waals surface area contributed by atoms with E-state index in [1.54, 1.807) is 12.1 Å². The maximum absolute atomic E-state index is 13.4. The summed E-state index contributed by atoms with van der Waals surface area (Å²) in [4.78, 5) is 0. The minimum atomic E-state index is -0.581. The second kappa shape index (κ2) is 7.64.